The second-order valence-corrected chi connectivity index (χ2v) is 15.4. The van der Waals surface area contributed by atoms with Gasteiger partial charge in [-0.25, -0.2) is 0 Å². The number of halogens is 3. The van der Waals surface area contributed by atoms with Gasteiger partial charge in [0.15, 0.2) is 11.6 Å². The first-order chi connectivity index (χ1) is 30.8. The highest BCUT2D eigenvalue weighted by Gasteiger charge is 2.31. The third-order valence-corrected chi connectivity index (χ3v) is 10.5. The van der Waals surface area contributed by atoms with E-state index in [0.29, 0.717) is 67.9 Å². The summed E-state index contributed by atoms with van der Waals surface area (Å²) in [6, 6.07) is 49.8. The first kappa shape index (κ1) is 42.8. The molecule has 0 aliphatic carbocycles. The van der Waals surface area contributed by atoms with Crippen LogP contribution in [0.5, 0.6) is 40.2 Å². The molecule has 8 aromatic rings. The van der Waals surface area contributed by atoms with Crippen LogP contribution in [0.3, 0.4) is 0 Å². The zero-order valence-corrected chi connectivity index (χ0v) is 35.3. The van der Waals surface area contributed by atoms with Gasteiger partial charge in [-0.3, -0.25) is 9.59 Å². The van der Waals surface area contributed by atoms with E-state index in [1.54, 1.807) is 123 Å². The summed E-state index contributed by atoms with van der Waals surface area (Å²) in [5.74, 6) is 2.92. The smallest absolute Gasteiger partial charge is 0.416 e. The van der Waals surface area contributed by atoms with Crippen LogP contribution < -0.4 is 18.9 Å². The molecule has 8 rings (SSSR count). The molecule has 0 fully saturated rings. The largest absolute Gasteiger partial charge is 0.497 e. The maximum absolute atomic E-state index is 14.0. The number of ketones is 2. The minimum atomic E-state index is -4.58. The second-order valence-electron chi connectivity index (χ2n) is 15.4. The summed E-state index contributed by atoms with van der Waals surface area (Å²) < 4.78 is 66.2. The van der Waals surface area contributed by atoms with Crippen LogP contribution in [-0.4, -0.2) is 18.7 Å². The molecule has 0 saturated heterocycles. The van der Waals surface area contributed by atoms with Crippen LogP contribution in [0.1, 0.15) is 54.1 Å². The van der Waals surface area contributed by atoms with Gasteiger partial charge in [-0.05, 0) is 159 Å². The number of methoxy groups -OCH3 is 1. The van der Waals surface area contributed by atoms with Gasteiger partial charge in [0.25, 0.3) is 0 Å². The van der Waals surface area contributed by atoms with Crippen molar-refractivity contribution in [3.8, 4) is 62.5 Å². The van der Waals surface area contributed by atoms with Gasteiger partial charge in [0.1, 0.15) is 40.2 Å². The van der Waals surface area contributed by atoms with E-state index in [1.165, 1.54) is 0 Å². The molecule has 9 heteroatoms. The molecule has 6 nitrogen and oxygen atoms in total. The topological polar surface area (TPSA) is 71.1 Å². The molecule has 0 bridgehead atoms. The van der Waals surface area contributed by atoms with Gasteiger partial charge in [0.2, 0.25) is 0 Å². The molecule has 64 heavy (non-hydrogen) atoms. The molecule has 318 valence electrons. The molecule has 0 unspecified atom stereocenters. The third kappa shape index (κ3) is 9.90. The lowest BCUT2D eigenvalue weighted by Gasteiger charge is -2.16. The Balaban J connectivity index is 0.998. The predicted molar refractivity (Wildman–Crippen MR) is 242 cm³/mol. The van der Waals surface area contributed by atoms with E-state index in [1.807, 2.05) is 62.4 Å². The molecule has 0 heterocycles. The Morgan fingerprint density at radius 3 is 1.34 bits per heavy atom. The zero-order chi connectivity index (χ0) is 45.0. The van der Waals surface area contributed by atoms with Crippen LogP contribution in [-0.2, 0) is 6.18 Å². The predicted octanol–water partition coefficient (Wildman–Crippen LogP) is 14.8. The van der Waals surface area contributed by atoms with Gasteiger partial charge in [-0.1, -0.05) is 65.7 Å². The Morgan fingerprint density at radius 1 is 0.406 bits per heavy atom. The number of rotatable bonds is 13. The Kier molecular flexibility index (Phi) is 12.2. The van der Waals surface area contributed by atoms with Crippen molar-refractivity contribution >= 4 is 11.6 Å². The molecule has 0 amide bonds. The van der Waals surface area contributed by atoms with Crippen molar-refractivity contribution in [1.29, 1.82) is 0 Å². The van der Waals surface area contributed by atoms with E-state index in [-0.39, 0.29) is 22.9 Å². The van der Waals surface area contributed by atoms with Gasteiger partial charge in [-0.15, -0.1) is 0 Å². The monoisotopic (exact) mass is 854 g/mol. The second kappa shape index (κ2) is 18.2. The number of ether oxygens (including phenoxy) is 4. The highest BCUT2D eigenvalue weighted by atomic mass is 19.4. The quantitative estimate of drug-likeness (QED) is 0.108. The molecule has 0 saturated carbocycles. The van der Waals surface area contributed by atoms with Crippen molar-refractivity contribution in [2.45, 2.75) is 26.9 Å². The summed E-state index contributed by atoms with van der Waals surface area (Å²) in [4.78, 5) is 26.6. The standard InChI is InChI=1S/C55H41F3O6/c1-34-8-10-37(11-9-34)53(59)39-14-22-46(23-15-39)64-52-27-25-48(33-50(52)42-29-36(3)30-43(31-42)55(56,57)58)62-44-18-12-38(13-19-44)54(60)40-16-20-45(21-17-40)63-51-26-24-47(61-4)32-49(51)41-7-5-6-35(2)28-41/h5-33H,1-4H3. The number of benzene rings is 8. The normalized spacial score (nSPS) is 11.2. The van der Waals surface area contributed by atoms with Crippen LogP contribution >= 0.6 is 0 Å². The van der Waals surface area contributed by atoms with Crippen molar-refractivity contribution in [1.82, 2.24) is 0 Å². The van der Waals surface area contributed by atoms with Gasteiger partial charge in [0.05, 0.1) is 12.7 Å². The maximum Gasteiger partial charge on any atom is 0.416 e. The summed E-state index contributed by atoms with van der Waals surface area (Å²) >= 11 is 0. The maximum atomic E-state index is 14.0. The molecular weight excluding hydrogens is 814 g/mol. The minimum Gasteiger partial charge on any atom is -0.497 e. The van der Waals surface area contributed by atoms with E-state index in [0.717, 1.165) is 34.4 Å². The average molecular weight is 855 g/mol. The number of hydrogen-bond donors (Lipinski definition) is 0. The number of hydrogen-bond acceptors (Lipinski definition) is 6. The Morgan fingerprint density at radius 2 is 0.844 bits per heavy atom. The van der Waals surface area contributed by atoms with Gasteiger partial charge in [-0.2, -0.15) is 13.2 Å². The number of alkyl halides is 3. The van der Waals surface area contributed by atoms with Crippen molar-refractivity contribution in [2.75, 3.05) is 7.11 Å². The van der Waals surface area contributed by atoms with Crippen molar-refractivity contribution in [2.24, 2.45) is 0 Å². The van der Waals surface area contributed by atoms with Crippen molar-refractivity contribution < 1.29 is 41.7 Å². The van der Waals surface area contributed by atoms with Crippen LogP contribution in [0.15, 0.2) is 176 Å². The molecule has 0 N–H and O–H groups in total. The van der Waals surface area contributed by atoms with E-state index in [2.05, 4.69) is 6.07 Å². The number of carbonyl (C=O) groups excluding carboxylic acids is 2. The summed E-state index contributed by atoms with van der Waals surface area (Å²) in [5.41, 5.74) is 6.13. The first-order valence-electron chi connectivity index (χ1n) is 20.4. The highest BCUT2D eigenvalue weighted by Crippen LogP contribution is 2.41. The SMILES string of the molecule is COc1ccc(Oc2ccc(C(=O)c3ccc(Oc4ccc(Oc5ccc(C(=O)c6ccc(C)cc6)cc5)c(-c5cc(C)cc(C(F)(F)F)c5)c4)cc3)cc2)c(-c2cccc(C)c2)c1. The van der Waals surface area contributed by atoms with Crippen molar-refractivity contribution in [3.05, 3.63) is 220 Å². The Bertz CT molecular complexity index is 2970. The highest BCUT2D eigenvalue weighted by molar-refractivity contribution is 6.09. The van der Waals surface area contributed by atoms with E-state index >= 15 is 0 Å². The van der Waals surface area contributed by atoms with Crippen LogP contribution in [0.2, 0.25) is 0 Å². The number of carbonyl (C=O) groups is 2. The van der Waals surface area contributed by atoms with Crippen molar-refractivity contribution in [3.63, 3.8) is 0 Å². The van der Waals surface area contributed by atoms with Gasteiger partial charge < -0.3 is 18.9 Å². The van der Waals surface area contributed by atoms with Crippen LogP contribution in [0.25, 0.3) is 22.3 Å². The molecule has 0 atom stereocenters. The lowest BCUT2D eigenvalue weighted by Crippen LogP contribution is -2.05. The van der Waals surface area contributed by atoms with Crippen LogP contribution in [0.4, 0.5) is 13.2 Å². The lowest BCUT2D eigenvalue weighted by molar-refractivity contribution is -0.137. The number of aryl methyl sites for hydroxylation is 3. The van der Waals surface area contributed by atoms with E-state index < -0.39 is 11.7 Å². The fraction of sp³-hybridized carbons (Fsp3) is 0.0909. The molecule has 0 aliphatic rings. The molecular formula is C55H41F3O6. The summed E-state index contributed by atoms with van der Waals surface area (Å²) in [6.07, 6.45) is -4.58. The van der Waals surface area contributed by atoms with E-state index in [9.17, 15) is 22.8 Å². The first-order valence-corrected chi connectivity index (χ1v) is 20.4. The Hall–Kier alpha value is -7.91. The van der Waals surface area contributed by atoms with E-state index in [4.69, 9.17) is 18.9 Å². The average Bonchev–Trinajstić information content (AvgIpc) is 3.29. The third-order valence-electron chi connectivity index (χ3n) is 10.5. The summed E-state index contributed by atoms with van der Waals surface area (Å²) in [5, 5.41) is 0. The zero-order valence-electron chi connectivity index (χ0n) is 35.3. The summed E-state index contributed by atoms with van der Waals surface area (Å²) in [6.45, 7) is 5.57. The molecule has 0 aromatic heterocycles. The fourth-order valence-corrected chi connectivity index (χ4v) is 7.20. The molecule has 0 aliphatic heterocycles. The Labute approximate surface area is 369 Å². The molecule has 0 radical (unpaired) electrons. The minimum absolute atomic E-state index is 0.149. The van der Waals surface area contributed by atoms with Gasteiger partial charge in [0, 0.05) is 33.4 Å². The lowest BCUT2D eigenvalue weighted by atomic mass is 9.99. The molecule has 0 spiro atoms. The van der Waals surface area contributed by atoms with Gasteiger partial charge >= 0.3 is 6.18 Å². The molecule has 8 aromatic carbocycles. The summed E-state index contributed by atoms with van der Waals surface area (Å²) in [7, 11) is 1.62. The van der Waals surface area contributed by atoms with Crippen LogP contribution in [0, 0.1) is 20.8 Å². The fourth-order valence-electron chi connectivity index (χ4n) is 7.20.